The zero-order valence-electron chi connectivity index (χ0n) is 12.5. The van der Waals surface area contributed by atoms with Gasteiger partial charge in [0.05, 0.1) is 15.2 Å². The summed E-state index contributed by atoms with van der Waals surface area (Å²) in [6, 6.07) is 6.98. The average molecular weight is 289 g/mol. The third kappa shape index (κ3) is 2.73. The van der Waals surface area contributed by atoms with Gasteiger partial charge in [0, 0.05) is 25.7 Å². The third-order valence-corrected chi connectivity index (χ3v) is 5.29. The van der Waals surface area contributed by atoms with Crippen molar-refractivity contribution in [1.82, 2.24) is 9.88 Å². The van der Waals surface area contributed by atoms with Crippen molar-refractivity contribution < 1.29 is 0 Å². The first-order chi connectivity index (χ1) is 9.44. The quantitative estimate of drug-likeness (QED) is 0.923. The van der Waals surface area contributed by atoms with E-state index < -0.39 is 0 Å². The van der Waals surface area contributed by atoms with Crippen LogP contribution in [0.15, 0.2) is 18.2 Å². The van der Waals surface area contributed by atoms with Crippen LogP contribution in [-0.4, -0.2) is 29.0 Å². The second kappa shape index (κ2) is 5.10. The molecule has 0 spiro atoms. The summed E-state index contributed by atoms with van der Waals surface area (Å²) in [5, 5.41) is 1.14. The molecule has 1 atom stereocenters. The van der Waals surface area contributed by atoms with Crippen LogP contribution in [0.3, 0.4) is 0 Å². The summed E-state index contributed by atoms with van der Waals surface area (Å²) in [5.41, 5.74) is 8.93. The smallest absolute Gasteiger partial charge is 0.0907 e. The van der Waals surface area contributed by atoms with Gasteiger partial charge in [0.15, 0.2) is 0 Å². The van der Waals surface area contributed by atoms with E-state index >= 15 is 0 Å². The van der Waals surface area contributed by atoms with E-state index in [0.717, 1.165) is 36.6 Å². The maximum atomic E-state index is 6.21. The summed E-state index contributed by atoms with van der Waals surface area (Å²) in [7, 11) is 0. The monoisotopic (exact) mass is 289 g/mol. The predicted octanol–water partition coefficient (Wildman–Crippen LogP) is 3.16. The Kier molecular flexibility index (Phi) is 3.56. The van der Waals surface area contributed by atoms with E-state index in [0.29, 0.717) is 6.04 Å². The van der Waals surface area contributed by atoms with Gasteiger partial charge in [-0.15, -0.1) is 11.3 Å². The molecule has 2 aromatic rings. The minimum absolute atomic E-state index is 0.212. The van der Waals surface area contributed by atoms with Gasteiger partial charge < -0.3 is 5.73 Å². The number of aryl methyl sites for hydroxylation is 1. The van der Waals surface area contributed by atoms with E-state index in [1.54, 1.807) is 11.3 Å². The zero-order valence-corrected chi connectivity index (χ0v) is 13.3. The summed E-state index contributed by atoms with van der Waals surface area (Å²) in [6.45, 7) is 9.82. The van der Waals surface area contributed by atoms with Gasteiger partial charge in [-0.2, -0.15) is 0 Å². The van der Waals surface area contributed by atoms with Crippen molar-refractivity contribution in [3.63, 3.8) is 0 Å². The molecule has 2 N–H and O–H groups in total. The molecule has 0 aliphatic carbocycles. The number of thiazole rings is 1. The van der Waals surface area contributed by atoms with Crippen LogP contribution in [0.1, 0.15) is 30.8 Å². The second-order valence-corrected chi connectivity index (χ2v) is 7.86. The number of nitrogens with two attached hydrogens (primary N) is 1. The van der Waals surface area contributed by atoms with Crippen molar-refractivity contribution in [2.24, 2.45) is 11.1 Å². The number of aromatic nitrogens is 1. The van der Waals surface area contributed by atoms with Crippen LogP contribution in [-0.2, 0) is 6.54 Å². The number of nitrogens with zero attached hydrogens (tertiary/aromatic N) is 2. The van der Waals surface area contributed by atoms with Crippen molar-refractivity contribution in [1.29, 1.82) is 0 Å². The lowest BCUT2D eigenvalue weighted by atomic mass is 9.79. The maximum Gasteiger partial charge on any atom is 0.0907 e. The highest BCUT2D eigenvalue weighted by Crippen LogP contribution is 2.29. The molecule has 0 bridgehead atoms. The zero-order chi connectivity index (χ0) is 14.3. The Balaban J connectivity index is 1.76. The Hall–Kier alpha value is -0.970. The van der Waals surface area contributed by atoms with Crippen LogP contribution in [0.25, 0.3) is 10.2 Å². The van der Waals surface area contributed by atoms with E-state index in [-0.39, 0.29) is 5.41 Å². The van der Waals surface area contributed by atoms with E-state index in [2.05, 4.69) is 48.9 Å². The van der Waals surface area contributed by atoms with Gasteiger partial charge in [0.25, 0.3) is 0 Å². The molecular weight excluding hydrogens is 266 g/mol. The van der Waals surface area contributed by atoms with Crippen molar-refractivity contribution >= 4 is 21.6 Å². The van der Waals surface area contributed by atoms with Crippen LogP contribution in [0.2, 0.25) is 0 Å². The summed E-state index contributed by atoms with van der Waals surface area (Å²) in [6.07, 6.45) is 1.09. The van der Waals surface area contributed by atoms with E-state index in [4.69, 9.17) is 5.73 Å². The number of likely N-dealkylation sites (tertiary alicyclic amines) is 1. The van der Waals surface area contributed by atoms with Gasteiger partial charge in [-0.3, -0.25) is 4.90 Å². The number of fused-ring (bicyclic) bond motifs is 1. The second-order valence-electron chi connectivity index (χ2n) is 6.63. The Morgan fingerprint density at radius 2 is 2.25 bits per heavy atom. The van der Waals surface area contributed by atoms with Crippen LogP contribution < -0.4 is 5.73 Å². The fraction of sp³-hybridized carbons (Fsp3) is 0.562. The summed E-state index contributed by atoms with van der Waals surface area (Å²) < 4.78 is 1.30. The van der Waals surface area contributed by atoms with Gasteiger partial charge in [0.2, 0.25) is 0 Å². The first-order valence-electron chi connectivity index (χ1n) is 7.28. The summed E-state index contributed by atoms with van der Waals surface area (Å²) >= 11 is 1.78. The van der Waals surface area contributed by atoms with E-state index in [1.807, 2.05) is 0 Å². The molecular formula is C16H23N3S. The Labute approximate surface area is 124 Å². The van der Waals surface area contributed by atoms with Crippen molar-refractivity contribution in [2.75, 3.05) is 13.1 Å². The molecule has 0 amide bonds. The van der Waals surface area contributed by atoms with E-state index in [1.165, 1.54) is 10.3 Å². The van der Waals surface area contributed by atoms with Crippen LogP contribution in [0.5, 0.6) is 0 Å². The SMILES string of the molecule is Cc1nc2ccc(CN3CCC(N)C(C)(C)C3)cc2s1. The highest BCUT2D eigenvalue weighted by molar-refractivity contribution is 7.18. The molecule has 1 unspecified atom stereocenters. The normalized spacial score (nSPS) is 23.3. The maximum absolute atomic E-state index is 6.21. The first-order valence-corrected chi connectivity index (χ1v) is 8.10. The summed E-state index contributed by atoms with van der Waals surface area (Å²) in [5.74, 6) is 0. The molecule has 3 rings (SSSR count). The molecule has 1 saturated heterocycles. The largest absolute Gasteiger partial charge is 0.327 e. The molecule has 1 aliphatic heterocycles. The summed E-state index contributed by atoms with van der Waals surface area (Å²) in [4.78, 5) is 7.05. The van der Waals surface area contributed by atoms with Crippen LogP contribution in [0, 0.1) is 12.3 Å². The molecule has 2 heterocycles. The van der Waals surface area contributed by atoms with Gasteiger partial charge in [0.1, 0.15) is 0 Å². The number of piperidine rings is 1. The first kappa shape index (κ1) is 14.0. The molecule has 1 aliphatic rings. The molecule has 20 heavy (non-hydrogen) atoms. The molecule has 4 heteroatoms. The lowest BCUT2D eigenvalue weighted by molar-refractivity contribution is 0.0899. The predicted molar refractivity (Wildman–Crippen MR) is 86.0 cm³/mol. The number of rotatable bonds is 2. The highest BCUT2D eigenvalue weighted by Gasteiger charge is 2.33. The Morgan fingerprint density at radius 3 is 3.00 bits per heavy atom. The molecule has 0 saturated carbocycles. The Morgan fingerprint density at radius 1 is 1.45 bits per heavy atom. The highest BCUT2D eigenvalue weighted by atomic mass is 32.1. The number of hydrogen-bond donors (Lipinski definition) is 1. The Bertz CT molecular complexity index is 617. The fourth-order valence-electron chi connectivity index (χ4n) is 3.06. The molecule has 1 aromatic heterocycles. The number of benzene rings is 1. The molecule has 1 aromatic carbocycles. The molecule has 108 valence electrons. The topological polar surface area (TPSA) is 42.2 Å². The third-order valence-electron chi connectivity index (χ3n) is 4.36. The number of hydrogen-bond acceptors (Lipinski definition) is 4. The van der Waals surface area contributed by atoms with Gasteiger partial charge in [-0.25, -0.2) is 4.98 Å². The lowest BCUT2D eigenvalue weighted by Gasteiger charge is -2.42. The molecule has 1 fully saturated rings. The minimum atomic E-state index is 0.212. The van der Waals surface area contributed by atoms with Crippen molar-refractivity contribution in [3.05, 3.63) is 28.8 Å². The van der Waals surface area contributed by atoms with Crippen LogP contribution >= 0.6 is 11.3 Å². The molecule has 3 nitrogen and oxygen atoms in total. The van der Waals surface area contributed by atoms with Crippen molar-refractivity contribution in [3.8, 4) is 0 Å². The van der Waals surface area contributed by atoms with Crippen molar-refractivity contribution in [2.45, 2.75) is 39.8 Å². The standard InChI is InChI=1S/C16H23N3S/c1-11-18-13-5-4-12(8-14(13)20-11)9-19-7-6-15(17)16(2,3)10-19/h4-5,8,15H,6-7,9-10,17H2,1-3H3. The fourth-order valence-corrected chi connectivity index (χ4v) is 3.95. The van der Waals surface area contributed by atoms with Crippen LogP contribution in [0.4, 0.5) is 0 Å². The van der Waals surface area contributed by atoms with Gasteiger partial charge >= 0.3 is 0 Å². The lowest BCUT2D eigenvalue weighted by Crippen LogP contribution is -2.52. The molecule has 0 radical (unpaired) electrons. The minimum Gasteiger partial charge on any atom is -0.327 e. The van der Waals surface area contributed by atoms with Gasteiger partial charge in [-0.05, 0) is 36.5 Å². The van der Waals surface area contributed by atoms with E-state index in [9.17, 15) is 0 Å². The average Bonchev–Trinajstić information content (AvgIpc) is 2.73. The van der Waals surface area contributed by atoms with Gasteiger partial charge in [-0.1, -0.05) is 19.9 Å².